The Hall–Kier alpha value is -1.00. The van der Waals surface area contributed by atoms with Crippen molar-refractivity contribution in [3.8, 4) is 0 Å². The fourth-order valence-electron chi connectivity index (χ4n) is 1.77. The smallest absolute Gasteiger partial charge is 0.231 e. The quantitative estimate of drug-likeness (QED) is 0.850. The summed E-state index contributed by atoms with van der Waals surface area (Å²) in [6.45, 7) is 3.07. The van der Waals surface area contributed by atoms with Gasteiger partial charge in [0.2, 0.25) is 5.91 Å². The first-order valence-corrected chi connectivity index (χ1v) is 6.46. The number of para-hydroxylation sites is 1. The summed E-state index contributed by atoms with van der Waals surface area (Å²) >= 11 is 1.80. The highest BCUT2D eigenvalue weighted by Crippen LogP contribution is 2.34. The maximum Gasteiger partial charge on any atom is 0.231 e. The van der Waals surface area contributed by atoms with E-state index in [-0.39, 0.29) is 11.8 Å². The zero-order valence-electron chi connectivity index (χ0n) is 9.35. The van der Waals surface area contributed by atoms with Crippen molar-refractivity contribution in [2.24, 2.45) is 11.7 Å². The van der Waals surface area contributed by atoms with E-state index in [0.29, 0.717) is 6.54 Å². The first kappa shape index (κ1) is 11.5. The van der Waals surface area contributed by atoms with Crippen LogP contribution in [0.25, 0.3) is 0 Å². The molecule has 0 bridgehead atoms. The molecular formula is C12H16N2OS. The fraction of sp³-hybridized carbons (Fsp3) is 0.417. The third-order valence-electron chi connectivity index (χ3n) is 2.77. The SMILES string of the molecule is CC(CN)C(=O)N1CCSc2ccccc21. The Kier molecular flexibility index (Phi) is 3.51. The molecule has 1 amide bonds. The molecule has 86 valence electrons. The van der Waals surface area contributed by atoms with Crippen LogP contribution in [0.2, 0.25) is 0 Å². The second-order valence-electron chi connectivity index (χ2n) is 3.94. The average molecular weight is 236 g/mol. The van der Waals surface area contributed by atoms with E-state index < -0.39 is 0 Å². The lowest BCUT2D eigenvalue weighted by molar-refractivity contribution is -0.121. The second-order valence-corrected chi connectivity index (χ2v) is 5.08. The van der Waals surface area contributed by atoms with Gasteiger partial charge in [0.25, 0.3) is 0 Å². The highest BCUT2D eigenvalue weighted by atomic mass is 32.2. The maximum absolute atomic E-state index is 12.1. The number of thioether (sulfide) groups is 1. The molecule has 3 nitrogen and oxygen atoms in total. The molecule has 1 aliphatic heterocycles. The number of anilines is 1. The number of nitrogens with zero attached hydrogens (tertiary/aromatic N) is 1. The van der Waals surface area contributed by atoms with Crippen LogP contribution in [0.15, 0.2) is 29.2 Å². The monoisotopic (exact) mass is 236 g/mol. The van der Waals surface area contributed by atoms with Crippen LogP contribution in [0.3, 0.4) is 0 Å². The molecule has 1 aromatic carbocycles. The van der Waals surface area contributed by atoms with E-state index in [1.54, 1.807) is 11.8 Å². The summed E-state index contributed by atoms with van der Waals surface area (Å²) in [4.78, 5) is 15.2. The third kappa shape index (κ3) is 2.08. The summed E-state index contributed by atoms with van der Waals surface area (Å²) in [5, 5.41) is 0. The Bertz CT molecular complexity index is 394. The van der Waals surface area contributed by atoms with E-state index in [1.165, 1.54) is 4.90 Å². The molecule has 0 saturated carbocycles. The molecule has 1 aromatic rings. The minimum absolute atomic E-state index is 0.101. The van der Waals surface area contributed by atoms with Crippen molar-refractivity contribution >= 4 is 23.4 Å². The Morgan fingerprint density at radius 3 is 3.06 bits per heavy atom. The Morgan fingerprint density at radius 2 is 2.31 bits per heavy atom. The van der Waals surface area contributed by atoms with Crippen LogP contribution in [0, 0.1) is 5.92 Å². The Labute approximate surface area is 100.0 Å². The van der Waals surface area contributed by atoms with E-state index in [9.17, 15) is 4.79 Å². The molecule has 0 radical (unpaired) electrons. The molecule has 0 spiro atoms. The number of hydrogen-bond donors (Lipinski definition) is 1. The summed E-state index contributed by atoms with van der Waals surface area (Å²) < 4.78 is 0. The molecule has 2 rings (SSSR count). The van der Waals surface area contributed by atoms with E-state index >= 15 is 0 Å². The minimum atomic E-state index is -0.101. The van der Waals surface area contributed by atoms with E-state index in [4.69, 9.17) is 5.73 Å². The predicted octanol–water partition coefficient (Wildman–Crippen LogP) is 1.72. The lowest BCUT2D eigenvalue weighted by atomic mass is 10.1. The van der Waals surface area contributed by atoms with E-state index in [0.717, 1.165) is 18.0 Å². The zero-order chi connectivity index (χ0) is 11.5. The number of carbonyl (C=O) groups is 1. The highest BCUT2D eigenvalue weighted by molar-refractivity contribution is 7.99. The van der Waals surface area contributed by atoms with Crippen LogP contribution in [0.5, 0.6) is 0 Å². The molecule has 0 saturated heterocycles. The first-order chi connectivity index (χ1) is 7.74. The number of fused-ring (bicyclic) bond motifs is 1. The van der Waals surface area contributed by atoms with Gasteiger partial charge in [0.05, 0.1) is 5.69 Å². The standard InChI is InChI=1S/C12H16N2OS/c1-9(8-13)12(15)14-6-7-16-11-5-3-2-4-10(11)14/h2-5,9H,6-8,13H2,1H3. The van der Waals surface area contributed by atoms with Crippen molar-refractivity contribution in [1.82, 2.24) is 0 Å². The number of rotatable bonds is 2. The molecule has 0 aliphatic carbocycles. The molecule has 16 heavy (non-hydrogen) atoms. The van der Waals surface area contributed by atoms with Crippen LogP contribution in [0.4, 0.5) is 5.69 Å². The van der Waals surface area contributed by atoms with Crippen LogP contribution in [-0.4, -0.2) is 24.7 Å². The van der Waals surface area contributed by atoms with Crippen LogP contribution < -0.4 is 10.6 Å². The van der Waals surface area contributed by atoms with Gasteiger partial charge in [-0.25, -0.2) is 0 Å². The molecule has 1 unspecified atom stereocenters. The largest absolute Gasteiger partial charge is 0.330 e. The average Bonchev–Trinajstić information content (AvgIpc) is 2.36. The lowest BCUT2D eigenvalue weighted by Gasteiger charge is -2.30. The molecule has 1 atom stereocenters. The van der Waals surface area contributed by atoms with Gasteiger partial charge >= 0.3 is 0 Å². The number of benzene rings is 1. The summed E-state index contributed by atoms with van der Waals surface area (Å²) in [7, 11) is 0. The highest BCUT2D eigenvalue weighted by Gasteiger charge is 2.25. The van der Waals surface area contributed by atoms with Crippen molar-refractivity contribution < 1.29 is 4.79 Å². The first-order valence-electron chi connectivity index (χ1n) is 5.47. The Morgan fingerprint density at radius 1 is 1.56 bits per heavy atom. The Balaban J connectivity index is 2.28. The van der Waals surface area contributed by atoms with Crippen molar-refractivity contribution in [3.63, 3.8) is 0 Å². The topological polar surface area (TPSA) is 46.3 Å². The van der Waals surface area contributed by atoms with Gasteiger partial charge in [-0.15, -0.1) is 11.8 Å². The molecule has 2 N–H and O–H groups in total. The summed E-state index contributed by atoms with van der Waals surface area (Å²) in [5.74, 6) is 0.992. The molecule has 1 aliphatic rings. The van der Waals surface area contributed by atoms with Crippen LogP contribution >= 0.6 is 11.8 Å². The molecule has 0 fully saturated rings. The van der Waals surface area contributed by atoms with Gasteiger partial charge in [-0.1, -0.05) is 19.1 Å². The number of amides is 1. The molecule has 4 heteroatoms. The van der Waals surface area contributed by atoms with Crippen molar-refractivity contribution in [1.29, 1.82) is 0 Å². The van der Waals surface area contributed by atoms with Crippen molar-refractivity contribution in [2.45, 2.75) is 11.8 Å². The maximum atomic E-state index is 12.1. The van der Waals surface area contributed by atoms with Crippen molar-refractivity contribution in [3.05, 3.63) is 24.3 Å². The summed E-state index contributed by atoms with van der Waals surface area (Å²) in [5.41, 5.74) is 6.58. The molecule has 0 aromatic heterocycles. The number of nitrogens with two attached hydrogens (primary N) is 1. The van der Waals surface area contributed by atoms with E-state index in [1.807, 2.05) is 30.0 Å². The number of carbonyl (C=O) groups excluding carboxylic acids is 1. The van der Waals surface area contributed by atoms with Gasteiger partial charge in [-0.05, 0) is 12.1 Å². The normalized spacial score (nSPS) is 16.8. The van der Waals surface area contributed by atoms with Crippen molar-refractivity contribution in [2.75, 3.05) is 23.7 Å². The zero-order valence-corrected chi connectivity index (χ0v) is 10.2. The predicted molar refractivity (Wildman–Crippen MR) is 67.7 cm³/mol. The summed E-state index contributed by atoms with van der Waals surface area (Å²) in [6.07, 6.45) is 0. The van der Waals surface area contributed by atoms with E-state index in [2.05, 4.69) is 6.07 Å². The van der Waals surface area contributed by atoms with Crippen LogP contribution in [0.1, 0.15) is 6.92 Å². The molecule has 1 heterocycles. The van der Waals surface area contributed by atoms with Gasteiger partial charge in [0.1, 0.15) is 0 Å². The van der Waals surface area contributed by atoms with Gasteiger partial charge in [-0.2, -0.15) is 0 Å². The minimum Gasteiger partial charge on any atom is -0.330 e. The van der Waals surface area contributed by atoms with Gasteiger partial charge in [-0.3, -0.25) is 4.79 Å². The number of hydrogen-bond acceptors (Lipinski definition) is 3. The third-order valence-corrected chi connectivity index (χ3v) is 3.81. The van der Waals surface area contributed by atoms with Gasteiger partial charge in [0.15, 0.2) is 0 Å². The van der Waals surface area contributed by atoms with Crippen LogP contribution in [-0.2, 0) is 4.79 Å². The lowest BCUT2D eigenvalue weighted by Crippen LogP contribution is -2.41. The summed E-state index contributed by atoms with van der Waals surface area (Å²) in [6, 6.07) is 8.04. The fourth-order valence-corrected chi connectivity index (χ4v) is 2.76. The van der Waals surface area contributed by atoms with Gasteiger partial charge in [0, 0.05) is 29.7 Å². The van der Waals surface area contributed by atoms with Gasteiger partial charge < -0.3 is 10.6 Å². The molecular weight excluding hydrogens is 220 g/mol. The second kappa shape index (κ2) is 4.89.